The largest absolute Gasteiger partial charge is 0.481 e. The number of aliphatic carboxylic acids is 1. The van der Waals surface area contributed by atoms with Gasteiger partial charge in [-0.2, -0.15) is 0 Å². The van der Waals surface area contributed by atoms with Crippen LogP contribution in [0.3, 0.4) is 0 Å². The lowest BCUT2D eigenvalue weighted by Crippen LogP contribution is -2.59. The van der Waals surface area contributed by atoms with Crippen LogP contribution in [0, 0.1) is 6.92 Å². The Morgan fingerprint density at radius 3 is 2.05 bits per heavy atom. The molecule has 0 saturated heterocycles. The Labute approximate surface area is 364 Å². The van der Waals surface area contributed by atoms with E-state index in [-0.39, 0.29) is 32.2 Å². The molecule has 330 valence electrons. The van der Waals surface area contributed by atoms with Gasteiger partial charge in [-0.05, 0) is 67.1 Å². The fourth-order valence-electron chi connectivity index (χ4n) is 6.97. The number of urea groups is 2. The average Bonchev–Trinajstić information content (AvgIpc) is 3.67. The number of amides is 8. The maximum absolute atomic E-state index is 14.5. The van der Waals surface area contributed by atoms with Crippen molar-refractivity contribution in [3.8, 4) is 0 Å². The average molecular weight is 860 g/mol. The molecule has 0 aliphatic carbocycles. The molecule has 0 bridgehead atoms. The van der Waals surface area contributed by atoms with Gasteiger partial charge >= 0.3 is 18.0 Å². The van der Waals surface area contributed by atoms with Crippen LogP contribution in [0.4, 0.5) is 21.0 Å². The number of H-pyrrole nitrogens is 1. The van der Waals surface area contributed by atoms with Crippen LogP contribution < -0.4 is 37.6 Å². The van der Waals surface area contributed by atoms with E-state index in [1.165, 1.54) is 7.05 Å². The van der Waals surface area contributed by atoms with E-state index in [9.17, 15) is 38.7 Å². The van der Waals surface area contributed by atoms with Crippen LogP contribution >= 0.6 is 0 Å². The molecular weight excluding hydrogens is 807 g/mol. The molecule has 0 fully saturated rings. The molecule has 17 heteroatoms. The summed E-state index contributed by atoms with van der Waals surface area (Å²) in [5.74, 6) is -4.77. The van der Waals surface area contributed by atoms with Crippen molar-refractivity contribution in [2.24, 2.45) is 5.73 Å². The number of fused-ring (bicyclic) bond motifs is 1. The molecule has 17 nitrogen and oxygen atoms in total. The van der Waals surface area contributed by atoms with Crippen molar-refractivity contribution in [2.45, 2.75) is 69.6 Å². The first-order chi connectivity index (χ1) is 30.3. The smallest absolute Gasteiger partial charge is 0.319 e. The quantitative estimate of drug-likeness (QED) is 0.0482. The molecule has 4 aromatic carbocycles. The highest BCUT2D eigenvalue weighted by Gasteiger charge is 2.36. The Kier molecular flexibility index (Phi) is 16.8. The number of nitrogens with one attached hydrogen (secondary N) is 7. The summed E-state index contributed by atoms with van der Waals surface area (Å²) in [6.07, 6.45) is 1.54. The first kappa shape index (κ1) is 46.4. The van der Waals surface area contributed by atoms with E-state index in [4.69, 9.17) is 5.73 Å². The minimum atomic E-state index is -1.63. The molecule has 63 heavy (non-hydrogen) atoms. The Morgan fingerprint density at radius 2 is 1.35 bits per heavy atom. The van der Waals surface area contributed by atoms with Gasteiger partial charge in [0.2, 0.25) is 23.6 Å². The molecule has 0 saturated carbocycles. The number of aromatic nitrogens is 1. The zero-order valence-corrected chi connectivity index (χ0v) is 35.1. The van der Waals surface area contributed by atoms with Gasteiger partial charge in [0.1, 0.15) is 24.2 Å². The number of unbranched alkanes of at least 4 members (excludes halogenated alkanes) is 1. The number of aryl methyl sites for hydroxylation is 1. The van der Waals surface area contributed by atoms with Crippen LogP contribution in [-0.4, -0.2) is 94.4 Å². The van der Waals surface area contributed by atoms with E-state index in [2.05, 4.69) is 36.9 Å². The number of hydrogen-bond donors (Lipinski definition) is 9. The minimum absolute atomic E-state index is 0.00858. The zero-order valence-electron chi connectivity index (χ0n) is 35.1. The Morgan fingerprint density at radius 1 is 0.698 bits per heavy atom. The number of para-hydroxylation sites is 3. The monoisotopic (exact) mass is 859 g/mol. The highest BCUT2D eigenvalue weighted by Crippen LogP contribution is 2.20. The second kappa shape index (κ2) is 22.8. The third-order valence-corrected chi connectivity index (χ3v) is 10.4. The van der Waals surface area contributed by atoms with Crippen LogP contribution in [0.5, 0.6) is 0 Å². The van der Waals surface area contributed by atoms with Gasteiger partial charge in [0, 0.05) is 54.9 Å². The normalized spacial score (nSPS) is 12.7. The molecular formula is C46H53N9O8. The number of likely N-dealkylation sites (N-methyl/N-ethyl adjacent to an activating group) is 1. The van der Waals surface area contributed by atoms with Gasteiger partial charge in [0.05, 0.1) is 6.42 Å². The molecule has 1 aromatic heterocycles. The standard InChI is InChI=1S/C46H53N9O8/c1-29-15-9-11-21-34(29)53-45(62)48-24-14-13-23-36(44(61)55(2)39(27-40(56)57)43(60)52-37(41(47)58)25-30-16-5-3-6-17-30)51-42(59)38(54-46(63)50-32-18-7-4-8-19-32)26-31-28-49-35-22-12-10-20-33(31)35/h3-12,15-22,28,36-39,49H,13-14,23-27H2,1-2H3,(H2,47,58)(H,51,59)(H,52,60)(H,56,57)(H2,48,53,62)(H2,50,54,63)/t36-,37-,38-,39-/m0/s1. The molecule has 0 radical (unpaired) electrons. The molecule has 0 unspecified atom stereocenters. The molecule has 5 rings (SSSR count). The van der Waals surface area contributed by atoms with Gasteiger partial charge < -0.3 is 52.6 Å². The lowest BCUT2D eigenvalue weighted by Gasteiger charge is -2.32. The van der Waals surface area contributed by atoms with Crippen LogP contribution in [0.15, 0.2) is 115 Å². The number of nitrogens with zero attached hydrogens (tertiary/aromatic N) is 1. The number of primary amides is 1. The van der Waals surface area contributed by atoms with Crippen molar-refractivity contribution in [3.05, 3.63) is 132 Å². The number of nitrogens with two attached hydrogens (primary N) is 1. The van der Waals surface area contributed by atoms with Gasteiger partial charge in [-0.25, -0.2) is 9.59 Å². The van der Waals surface area contributed by atoms with E-state index < -0.39 is 72.2 Å². The fourth-order valence-corrected chi connectivity index (χ4v) is 6.97. The molecule has 4 atom stereocenters. The summed E-state index contributed by atoms with van der Waals surface area (Å²) >= 11 is 0. The summed E-state index contributed by atoms with van der Waals surface area (Å²) in [7, 11) is 1.23. The van der Waals surface area contributed by atoms with E-state index in [0.717, 1.165) is 21.4 Å². The molecule has 10 N–H and O–H groups in total. The van der Waals surface area contributed by atoms with Crippen molar-refractivity contribution in [1.29, 1.82) is 0 Å². The van der Waals surface area contributed by atoms with Gasteiger partial charge in [-0.1, -0.05) is 84.9 Å². The third-order valence-electron chi connectivity index (χ3n) is 10.4. The molecule has 0 aliphatic heterocycles. The highest BCUT2D eigenvalue weighted by molar-refractivity contribution is 5.98. The van der Waals surface area contributed by atoms with Crippen molar-refractivity contribution < 1.29 is 38.7 Å². The van der Waals surface area contributed by atoms with E-state index in [1.54, 1.807) is 79.0 Å². The number of carbonyl (C=O) groups excluding carboxylic acids is 6. The molecule has 8 amide bonds. The maximum Gasteiger partial charge on any atom is 0.319 e. The number of anilines is 2. The molecule has 0 spiro atoms. The number of hydrogen-bond acceptors (Lipinski definition) is 7. The minimum Gasteiger partial charge on any atom is -0.481 e. The van der Waals surface area contributed by atoms with E-state index in [0.29, 0.717) is 28.9 Å². The topological polar surface area (TPSA) is 257 Å². The molecule has 1 heterocycles. The third kappa shape index (κ3) is 13.9. The number of aromatic amines is 1. The van der Waals surface area contributed by atoms with Crippen LogP contribution in [-0.2, 0) is 36.8 Å². The second-order valence-corrected chi connectivity index (χ2v) is 15.0. The predicted octanol–water partition coefficient (Wildman–Crippen LogP) is 4.20. The van der Waals surface area contributed by atoms with Crippen LogP contribution in [0.1, 0.15) is 42.4 Å². The lowest BCUT2D eigenvalue weighted by atomic mass is 10.0. The van der Waals surface area contributed by atoms with Gasteiger partial charge in [0.25, 0.3) is 0 Å². The number of carboxylic acid groups (broad SMARTS) is 1. The number of carboxylic acids is 1. The first-order valence-electron chi connectivity index (χ1n) is 20.5. The number of rotatable bonds is 21. The highest BCUT2D eigenvalue weighted by atomic mass is 16.4. The van der Waals surface area contributed by atoms with Gasteiger partial charge in [0.15, 0.2) is 0 Å². The van der Waals surface area contributed by atoms with Crippen LogP contribution in [0.2, 0.25) is 0 Å². The second-order valence-electron chi connectivity index (χ2n) is 15.0. The fraction of sp³-hybridized carbons (Fsp3) is 0.283. The summed E-state index contributed by atoms with van der Waals surface area (Å²) in [4.78, 5) is 97.3. The summed E-state index contributed by atoms with van der Waals surface area (Å²) in [6.45, 7) is 2.06. The van der Waals surface area contributed by atoms with Gasteiger partial charge in [-0.3, -0.25) is 24.0 Å². The van der Waals surface area contributed by atoms with Crippen molar-refractivity contribution in [1.82, 2.24) is 31.2 Å². The predicted molar refractivity (Wildman–Crippen MR) is 238 cm³/mol. The van der Waals surface area contributed by atoms with E-state index in [1.807, 2.05) is 43.3 Å². The number of carbonyl (C=O) groups is 7. The van der Waals surface area contributed by atoms with Crippen molar-refractivity contribution in [2.75, 3.05) is 24.2 Å². The molecule has 0 aliphatic rings. The maximum atomic E-state index is 14.5. The van der Waals surface area contributed by atoms with Gasteiger partial charge in [-0.15, -0.1) is 0 Å². The van der Waals surface area contributed by atoms with Crippen molar-refractivity contribution in [3.63, 3.8) is 0 Å². The summed E-state index contributed by atoms with van der Waals surface area (Å²) in [5, 5.41) is 27.0. The Balaban J connectivity index is 1.36. The Bertz CT molecular complexity index is 2370. The van der Waals surface area contributed by atoms with E-state index >= 15 is 0 Å². The number of benzene rings is 4. The van der Waals surface area contributed by atoms with Crippen LogP contribution in [0.25, 0.3) is 10.9 Å². The SMILES string of the molecule is Cc1ccccc1NC(=O)NCCCC[C@H](NC(=O)[C@H](Cc1c[nH]c2ccccc12)NC(=O)Nc1ccccc1)C(=O)N(C)[C@@H](CC(=O)O)C(=O)N[C@@H](Cc1ccccc1)C(N)=O. The molecule has 5 aromatic rings. The lowest BCUT2D eigenvalue weighted by molar-refractivity contribution is -0.147. The summed E-state index contributed by atoms with van der Waals surface area (Å²) in [5.41, 5.74) is 9.82. The zero-order chi connectivity index (χ0) is 45.3. The van der Waals surface area contributed by atoms with Crippen molar-refractivity contribution >= 4 is 63.9 Å². The summed E-state index contributed by atoms with van der Waals surface area (Å²) in [6, 6.07) is 25.5. The summed E-state index contributed by atoms with van der Waals surface area (Å²) < 4.78 is 0. The Hall–Kier alpha value is -7.69. The first-order valence-corrected chi connectivity index (χ1v) is 20.5.